The minimum absolute atomic E-state index is 0.00410. The summed E-state index contributed by atoms with van der Waals surface area (Å²) in [6.45, 7) is 1.57. The van der Waals surface area contributed by atoms with Crippen LogP contribution >= 0.6 is 0 Å². The zero-order chi connectivity index (χ0) is 19.4. The number of hydrogen-bond donors (Lipinski definition) is 1. The molecule has 0 radical (unpaired) electrons. The minimum atomic E-state index is -3.28. The molecule has 0 saturated heterocycles. The van der Waals surface area contributed by atoms with E-state index in [4.69, 9.17) is 4.42 Å². The minimum Gasteiger partial charge on any atom is -0.403 e. The molecule has 1 N–H and O–H groups in total. The summed E-state index contributed by atoms with van der Waals surface area (Å²) in [7, 11) is -3.28. The highest BCUT2D eigenvalue weighted by atomic mass is 32.2. The van der Waals surface area contributed by atoms with E-state index in [2.05, 4.69) is 15.5 Å². The second-order valence-electron chi connectivity index (χ2n) is 5.70. The number of hydrogen-bond acceptors (Lipinski definition) is 6. The second kappa shape index (κ2) is 7.67. The molecule has 0 fully saturated rings. The fourth-order valence-electron chi connectivity index (χ4n) is 2.34. The van der Waals surface area contributed by atoms with Crippen LogP contribution in [0.2, 0.25) is 0 Å². The van der Waals surface area contributed by atoms with Crippen LogP contribution in [0.15, 0.2) is 57.8 Å². The smallest absolute Gasteiger partial charge is 0.322 e. The van der Waals surface area contributed by atoms with Crippen molar-refractivity contribution in [2.75, 3.05) is 11.1 Å². The Morgan fingerprint density at radius 2 is 1.89 bits per heavy atom. The van der Waals surface area contributed by atoms with Crippen LogP contribution in [-0.4, -0.2) is 30.3 Å². The zero-order valence-electron chi connectivity index (χ0n) is 14.3. The van der Waals surface area contributed by atoms with Gasteiger partial charge in [0.25, 0.3) is 0 Å². The largest absolute Gasteiger partial charge is 0.403 e. The number of carbonyl (C=O) groups excluding carboxylic acids is 1. The first-order valence-corrected chi connectivity index (χ1v) is 9.73. The molecule has 140 valence electrons. The molecule has 7 nitrogen and oxygen atoms in total. The quantitative estimate of drug-likeness (QED) is 0.695. The first-order chi connectivity index (χ1) is 12.9. The van der Waals surface area contributed by atoms with Crippen molar-refractivity contribution in [2.24, 2.45) is 0 Å². The lowest BCUT2D eigenvalue weighted by Gasteiger charge is -2.04. The molecular formula is C18H16FN3O4S. The molecule has 0 atom stereocenters. The number of rotatable bonds is 6. The number of nitrogens with one attached hydrogen (secondary N) is 1. The maximum absolute atomic E-state index is 13.2. The van der Waals surface area contributed by atoms with Crippen molar-refractivity contribution >= 4 is 21.8 Å². The fourth-order valence-corrected chi connectivity index (χ4v) is 3.23. The summed E-state index contributed by atoms with van der Waals surface area (Å²) >= 11 is 0. The van der Waals surface area contributed by atoms with E-state index in [1.165, 1.54) is 30.3 Å². The number of amides is 1. The summed E-state index contributed by atoms with van der Waals surface area (Å²) in [5.41, 5.74) is 1.03. The molecule has 3 rings (SSSR count). The van der Waals surface area contributed by atoms with Crippen LogP contribution in [0, 0.1) is 5.82 Å². The Balaban J connectivity index is 1.65. The molecule has 0 saturated carbocycles. The molecule has 0 unspecified atom stereocenters. The highest BCUT2D eigenvalue weighted by Gasteiger charge is 2.14. The number of carbonyl (C=O) groups is 1. The lowest BCUT2D eigenvalue weighted by Crippen LogP contribution is -2.14. The van der Waals surface area contributed by atoms with Gasteiger partial charge in [-0.2, -0.15) is 0 Å². The third-order valence-corrected chi connectivity index (χ3v) is 5.52. The maximum atomic E-state index is 13.2. The van der Waals surface area contributed by atoms with Gasteiger partial charge in [-0.3, -0.25) is 10.1 Å². The molecule has 0 bridgehead atoms. The van der Waals surface area contributed by atoms with E-state index in [0.29, 0.717) is 11.1 Å². The van der Waals surface area contributed by atoms with Crippen molar-refractivity contribution in [1.82, 2.24) is 10.2 Å². The van der Waals surface area contributed by atoms with E-state index in [1.807, 2.05) is 0 Å². The van der Waals surface area contributed by atoms with Crippen LogP contribution < -0.4 is 5.32 Å². The van der Waals surface area contributed by atoms with E-state index in [-0.39, 0.29) is 29.0 Å². The maximum Gasteiger partial charge on any atom is 0.322 e. The average Bonchev–Trinajstić information content (AvgIpc) is 3.10. The number of sulfone groups is 1. The predicted octanol–water partition coefficient (Wildman–Crippen LogP) is 2.85. The lowest BCUT2D eigenvalue weighted by molar-refractivity contribution is -0.115. The average molecular weight is 389 g/mol. The molecule has 1 heterocycles. The molecule has 27 heavy (non-hydrogen) atoms. The van der Waals surface area contributed by atoms with Gasteiger partial charge < -0.3 is 4.42 Å². The Labute approximate surface area is 155 Å². The summed E-state index contributed by atoms with van der Waals surface area (Å²) in [4.78, 5) is 12.3. The molecule has 1 amide bonds. The van der Waals surface area contributed by atoms with Crippen LogP contribution in [0.5, 0.6) is 0 Å². The molecule has 1 aromatic heterocycles. The first kappa shape index (κ1) is 18.7. The monoisotopic (exact) mass is 389 g/mol. The topological polar surface area (TPSA) is 102 Å². The first-order valence-electron chi connectivity index (χ1n) is 8.08. The van der Waals surface area contributed by atoms with Crippen LogP contribution in [0.3, 0.4) is 0 Å². The Morgan fingerprint density at radius 1 is 1.15 bits per heavy atom. The third kappa shape index (κ3) is 4.56. The molecule has 0 aliphatic rings. The van der Waals surface area contributed by atoms with Crippen LogP contribution in [0.1, 0.15) is 12.5 Å². The van der Waals surface area contributed by atoms with Gasteiger partial charge in [-0.05, 0) is 35.9 Å². The molecule has 2 aromatic carbocycles. The van der Waals surface area contributed by atoms with Gasteiger partial charge in [-0.15, -0.1) is 5.10 Å². The molecule has 0 spiro atoms. The molecular weight excluding hydrogens is 373 g/mol. The number of nitrogens with zero attached hydrogens (tertiary/aromatic N) is 2. The SMILES string of the molecule is CCS(=O)(=O)c1ccc(CC(=O)Nc2nnc(-c3cccc(F)c3)o2)cc1. The van der Waals surface area contributed by atoms with E-state index in [1.54, 1.807) is 25.1 Å². The Bertz CT molecular complexity index is 1060. The Kier molecular flexibility index (Phi) is 5.31. The van der Waals surface area contributed by atoms with E-state index < -0.39 is 21.6 Å². The summed E-state index contributed by atoms with van der Waals surface area (Å²) < 4.78 is 42.1. The van der Waals surface area contributed by atoms with E-state index in [0.717, 1.165) is 0 Å². The van der Waals surface area contributed by atoms with E-state index in [9.17, 15) is 17.6 Å². The van der Waals surface area contributed by atoms with Crippen molar-refractivity contribution in [3.8, 4) is 11.5 Å². The van der Waals surface area contributed by atoms with Gasteiger partial charge >= 0.3 is 6.01 Å². The van der Waals surface area contributed by atoms with Gasteiger partial charge in [0.05, 0.1) is 17.1 Å². The van der Waals surface area contributed by atoms with Gasteiger partial charge in [-0.1, -0.05) is 30.2 Å². The van der Waals surface area contributed by atoms with Crippen molar-refractivity contribution in [2.45, 2.75) is 18.2 Å². The van der Waals surface area contributed by atoms with Crippen molar-refractivity contribution in [1.29, 1.82) is 0 Å². The van der Waals surface area contributed by atoms with Gasteiger partial charge in [0.15, 0.2) is 9.84 Å². The highest BCUT2D eigenvalue weighted by Crippen LogP contribution is 2.20. The van der Waals surface area contributed by atoms with Gasteiger partial charge in [0, 0.05) is 5.56 Å². The number of anilines is 1. The third-order valence-electron chi connectivity index (χ3n) is 3.77. The molecule has 3 aromatic rings. The fraction of sp³-hybridized carbons (Fsp3) is 0.167. The second-order valence-corrected chi connectivity index (χ2v) is 7.97. The van der Waals surface area contributed by atoms with E-state index >= 15 is 0 Å². The Hall–Kier alpha value is -3.07. The summed E-state index contributed by atoms with van der Waals surface area (Å²) in [5, 5.41) is 9.94. The van der Waals surface area contributed by atoms with Crippen molar-refractivity contribution in [3.05, 3.63) is 59.9 Å². The van der Waals surface area contributed by atoms with Gasteiger partial charge in [0.1, 0.15) is 5.82 Å². The number of benzene rings is 2. The van der Waals surface area contributed by atoms with Crippen LogP contribution in [0.4, 0.5) is 10.4 Å². The van der Waals surface area contributed by atoms with Gasteiger partial charge in [0.2, 0.25) is 11.8 Å². The zero-order valence-corrected chi connectivity index (χ0v) is 15.2. The molecule has 9 heteroatoms. The summed E-state index contributed by atoms with van der Waals surface area (Å²) in [6.07, 6.45) is 0.00410. The Morgan fingerprint density at radius 3 is 2.56 bits per heavy atom. The summed E-state index contributed by atoms with van der Waals surface area (Å²) in [5.74, 6) is -0.753. The predicted molar refractivity (Wildman–Crippen MR) is 96.2 cm³/mol. The highest BCUT2D eigenvalue weighted by molar-refractivity contribution is 7.91. The van der Waals surface area contributed by atoms with Crippen LogP contribution in [-0.2, 0) is 21.1 Å². The van der Waals surface area contributed by atoms with Crippen molar-refractivity contribution in [3.63, 3.8) is 0 Å². The molecule has 0 aliphatic heterocycles. The normalized spacial score (nSPS) is 11.3. The number of aromatic nitrogens is 2. The van der Waals surface area contributed by atoms with Crippen LogP contribution in [0.25, 0.3) is 11.5 Å². The van der Waals surface area contributed by atoms with Gasteiger partial charge in [-0.25, -0.2) is 12.8 Å². The molecule has 0 aliphatic carbocycles. The van der Waals surface area contributed by atoms with Crippen molar-refractivity contribution < 1.29 is 22.0 Å². The standard InChI is InChI=1S/C18H16FN3O4S/c1-2-27(24,25)15-8-6-12(7-9-15)10-16(23)20-18-22-21-17(26-18)13-4-3-5-14(19)11-13/h3-9,11H,2,10H2,1H3,(H,20,22,23). The lowest BCUT2D eigenvalue weighted by atomic mass is 10.1. The summed E-state index contributed by atoms with van der Waals surface area (Å²) in [6, 6.07) is 11.6. The number of halogens is 1.